The molecule has 0 saturated heterocycles. The van der Waals surface area contributed by atoms with Crippen LogP contribution in [0.4, 0.5) is 0 Å². The van der Waals surface area contributed by atoms with Crippen LogP contribution in [0.3, 0.4) is 0 Å². The van der Waals surface area contributed by atoms with Gasteiger partial charge in [-0.1, -0.05) is 27.7 Å². The summed E-state index contributed by atoms with van der Waals surface area (Å²) in [7, 11) is 0. The van der Waals surface area contributed by atoms with Crippen LogP contribution in [-0.2, 0) is 45.4 Å². The van der Waals surface area contributed by atoms with E-state index in [0.717, 1.165) is 24.3 Å². The summed E-state index contributed by atoms with van der Waals surface area (Å²) >= 11 is 0. The average Bonchev–Trinajstić information content (AvgIpc) is 2.32. The van der Waals surface area contributed by atoms with Gasteiger partial charge in [-0.3, -0.25) is 19.2 Å². The van der Waals surface area contributed by atoms with Crippen molar-refractivity contribution in [3.05, 3.63) is 47.3 Å². The molecule has 0 aromatic carbocycles. The van der Waals surface area contributed by atoms with E-state index >= 15 is 0 Å². The largest absolute Gasteiger partial charge is 4.00 e. The number of rotatable bonds is 4. The van der Waals surface area contributed by atoms with Gasteiger partial charge in [0.15, 0.2) is 23.1 Å². The van der Waals surface area contributed by atoms with E-state index in [1.165, 1.54) is 55.4 Å². The third kappa shape index (κ3) is 76.9. The van der Waals surface area contributed by atoms with Gasteiger partial charge in [0.05, 0.1) is 0 Å². The second kappa shape index (κ2) is 23.8. The first-order chi connectivity index (χ1) is 12.5. The predicted molar refractivity (Wildman–Crippen MR) is 97.8 cm³/mol. The van der Waals surface area contributed by atoms with E-state index in [2.05, 4.69) is 0 Å². The molecule has 0 heterocycles. The molecule has 0 atom stereocenters. The zero-order valence-corrected chi connectivity index (χ0v) is 20.5. The molecule has 0 aliphatic carbocycles. The first-order valence-corrected chi connectivity index (χ1v) is 7.94. The van der Waals surface area contributed by atoms with Crippen LogP contribution in [0.2, 0.25) is 0 Å². The minimum absolute atomic E-state index is 0. The number of ketones is 4. The van der Waals surface area contributed by atoms with E-state index < -0.39 is 0 Å². The molecule has 0 aliphatic heterocycles. The van der Waals surface area contributed by atoms with Crippen molar-refractivity contribution in [2.75, 3.05) is 0 Å². The van der Waals surface area contributed by atoms with Gasteiger partial charge in [0.1, 0.15) is 0 Å². The Morgan fingerprint density at radius 2 is 0.517 bits per heavy atom. The molecule has 9 heteroatoms. The maximum atomic E-state index is 9.98. The Bertz CT molecular complexity index is 513. The summed E-state index contributed by atoms with van der Waals surface area (Å²) < 4.78 is 0. The molecule has 0 rings (SSSR count). The maximum absolute atomic E-state index is 9.98. The number of hydrogen-bond acceptors (Lipinski definition) is 8. The van der Waals surface area contributed by atoms with E-state index in [4.69, 9.17) is 0 Å². The monoisotopic (exact) mass is 486 g/mol. The van der Waals surface area contributed by atoms with Gasteiger partial charge < -0.3 is 20.4 Å². The van der Waals surface area contributed by atoms with Crippen LogP contribution < -0.4 is 20.4 Å². The Hall–Kier alpha value is -2.28. The third-order valence-corrected chi connectivity index (χ3v) is 1.63. The molecule has 0 N–H and O–H groups in total. The van der Waals surface area contributed by atoms with E-state index in [1.807, 2.05) is 0 Å². The molecule has 0 spiro atoms. The third-order valence-electron chi connectivity index (χ3n) is 1.63. The zero-order valence-electron chi connectivity index (χ0n) is 18.1. The maximum Gasteiger partial charge on any atom is 4.00 e. The Labute approximate surface area is 191 Å². The molecule has 0 aromatic heterocycles. The molecule has 8 nitrogen and oxygen atoms in total. The molecule has 160 valence electrons. The van der Waals surface area contributed by atoms with Gasteiger partial charge in [0, 0.05) is 0 Å². The van der Waals surface area contributed by atoms with Gasteiger partial charge in [-0.05, 0) is 52.0 Å². The van der Waals surface area contributed by atoms with Crippen LogP contribution in [0.1, 0.15) is 55.4 Å². The number of carbonyl (C=O) groups excluding carboxylic acids is 4. The minimum atomic E-state index is -0.187. The Kier molecular flexibility index (Phi) is 30.7. The van der Waals surface area contributed by atoms with Crippen molar-refractivity contribution in [2.45, 2.75) is 55.4 Å². The molecule has 0 saturated carbocycles. The first kappa shape index (κ1) is 37.5. The second-order valence-corrected chi connectivity index (χ2v) is 5.46. The Morgan fingerprint density at radius 1 is 0.414 bits per heavy atom. The average molecular weight is 488 g/mol. The van der Waals surface area contributed by atoms with Crippen molar-refractivity contribution in [3.63, 3.8) is 0 Å². The van der Waals surface area contributed by atoms with Crippen molar-refractivity contribution < 1.29 is 65.8 Å². The number of carbonyl (C=O) groups is 4. The van der Waals surface area contributed by atoms with Crippen molar-refractivity contribution in [3.8, 4) is 0 Å². The standard InChI is InChI=1S/4C5H8O2.Zr/c4*1-4(6)3-5(2)7;/h4*3,6H,1-2H3;/q;;;;+4/p-4/b4*4-3-;. The normalized spacial score (nSPS) is 11.0. The fourth-order valence-electron chi connectivity index (χ4n) is 1.14. The Morgan fingerprint density at radius 3 is 0.517 bits per heavy atom. The van der Waals surface area contributed by atoms with E-state index in [0.29, 0.717) is 0 Å². The van der Waals surface area contributed by atoms with Crippen LogP contribution in [0.5, 0.6) is 0 Å². The van der Waals surface area contributed by atoms with Crippen molar-refractivity contribution in [1.29, 1.82) is 0 Å². The molecular formula is C20H28O8Zr. The van der Waals surface area contributed by atoms with Gasteiger partial charge in [0.2, 0.25) is 0 Å². The summed E-state index contributed by atoms with van der Waals surface area (Å²) in [6.07, 6.45) is 4.22. The Balaban J connectivity index is -0.0000000873. The SMILES string of the molecule is CC(=O)/C=C(/C)[O-].CC(=O)/C=C(/C)[O-].CC(=O)/C=C(/C)[O-].CC(=O)/C=C(/C)[O-].[Zr+4]. The molecule has 0 aliphatic rings. The van der Waals surface area contributed by atoms with E-state index in [-0.39, 0.29) is 72.4 Å². The van der Waals surface area contributed by atoms with Crippen LogP contribution in [0.25, 0.3) is 0 Å². The molecule has 0 fully saturated rings. The van der Waals surface area contributed by atoms with Crippen molar-refractivity contribution >= 4 is 23.1 Å². The summed E-state index contributed by atoms with van der Waals surface area (Å²) in [6, 6.07) is 0. The van der Waals surface area contributed by atoms with Gasteiger partial charge in [-0.2, -0.15) is 0 Å². The van der Waals surface area contributed by atoms with Crippen molar-refractivity contribution in [2.24, 2.45) is 0 Å². The smallest absolute Gasteiger partial charge is 0.876 e. The van der Waals surface area contributed by atoms with Gasteiger partial charge in [0.25, 0.3) is 0 Å². The first-order valence-electron chi connectivity index (χ1n) is 7.94. The van der Waals surface area contributed by atoms with Crippen LogP contribution >= 0.6 is 0 Å². The van der Waals surface area contributed by atoms with Crippen LogP contribution in [0, 0.1) is 0 Å². The molecule has 0 aromatic rings. The topological polar surface area (TPSA) is 161 Å². The van der Waals surface area contributed by atoms with Gasteiger partial charge in [-0.15, -0.1) is 23.0 Å². The zero-order chi connectivity index (χ0) is 23.4. The van der Waals surface area contributed by atoms with Crippen LogP contribution in [0.15, 0.2) is 47.3 Å². The molecular weight excluding hydrogens is 459 g/mol. The van der Waals surface area contributed by atoms with Crippen molar-refractivity contribution in [1.82, 2.24) is 0 Å². The quantitative estimate of drug-likeness (QED) is 0.373. The fraction of sp³-hybridized carbons (Fsp3) is 0.400. The van der Waals surface area contributed by atoms with Gasteiger partial charge in [-0.25, -0.2) is 0 Å². The van der Waals surface area contributed by atoms with Crippen LogP contribution in [-0.4, -0.2) is 23.1 Å². The molecule has 0 bridgehead atoms. The summed E-state index contributed by atoms with van der Waals surface area (Å²) in [4.78, 5) is 39.9. The number of hydrogen-bond donors (Lipinski definition) is 0. The summed E-state index contributed by atoms with van der Waals surface area (Å²) in [5, 5.41) is 39.9. The predicted octanol–water partition coefficient (Wildman–Crippen LogP) is -0.644. The molecule has 0 unspecified atom stereocenters. The molecule has 0 amide bonds. The summed E-state index contributed by atoms with van der Waals surface area (Å²) in [5.41, 5.74) is 0. The molecule has 29 heavy (non-hydrogen) atoms. The second-order valence-electron chi connectivity index (χ2n) is 5.46. The van der Waals surface area contributed by atoms with E-state index in [9.17, 15) is 39.6 Å². The van der Waals surface area contributed by atoms with E-state index in [1.54, 1.807) is 0 Å². The fourth-order valence-corrected chi connectivity index (χ4v) is 1.14. The minimum Gasteiger partial charge on any atom is -0.876 e. The van der Waals surface area contributed by atoms with Gasteiger partial charge >= 0.3 is 26.2 Å². The summed E-state index contributed by atoms with van der Waals surface area (Å²) in [5.74, 6) is -1.50. The molecule has 0 radical (unpaired) electrons. The number of allylic oxidation sites excluding steroid dienone is 8. The summed E-state index contributed by atoms with van der Waals surface area (Å²) in [6.45, 7) is 10.8.